The van der Waals surface area contributed by atoms with E-state index in [0.717, 1.165) is 42.9 Å². The maximum Gasteiger partial charge on any atom is 0.191 e. The molecule has 2 aromatic rings. The molecule has 0 fully saturated rings. The van der Waals surface area contributed by atoms with E-state index >= 15 is 0 Å². The van der Waals surface area contributed by atoms with Gasteiger partial charge in [-0.25, -0.2) is 4.99 Å². The Hall–Kier alpha value is -2.57. The van der Waals surface area contributed by atoms with Crippen LogP contribution >= 0.6 is 0 Å². The average molecular weight is 385 g/mol. The Balaban J connectivity index is 1.56. The number of hydrogen-bond donors (Lipinski definition) is 2. The molecule has 1 aromatic carbocycles. The van der Waals surface area contributed by atoms with Crippen LogP contribution in [0, 0.1) is 6.92 Å². The summed E-state index contributed by atoms with van der Waals surface area (Å²) in [6, 6.07) is 8.11. The van der Waals surface area contributed by atoms with Gasteiger partial charge in [-0.1, -0.05) is 18.6 Å². The Kier molecular flexibility index (Phi) is 7.28. The fourth-order valence-corrected chi connectivity index (χ4v) is 3.36. The normalized spacial score (nSPS) is 15.5. The van der Waals surface area contributed by atoms with E-state index in [1.54, 1.807) is 0 Å². The number of nitrogens with one attached hydrogen (secondary N) is 2. The summed E-state index contributed by atoms with van der Waals surface area (Å²) in [5.41, 5.74) is 1.19. The van der Waals surface area contributed by atoms with E-state index in [1.165, 1.54) is 24.8 Å². The number of fused-ring (bicyclic) bond motifs is 1. The van der Waals surface area contributed by atoms with Crippen LogP contribution in [-0.4, -0.2) is 39.9 Å². The van der Waals surface area contributed by atoms with E-state index < -0.39 is 0 Å². The number of ether oxygens (including phenoxy) is 1. The highest BCUT2D eigenvalue weighted by atomic mass is 16.5. The van der Waals surface area contributed by atoms with E-state index in [1.807, 2.05) is 18.2 Å². The molecule has 3 rings (SSSR count). The van der Waals surface area contributed by atoms with Crippen molar-refractivity contribution in [3.63, 3.8) is 0 Å². The van der Waals surface area contributed by atoms with Crippen LogP contribution in [0.1, 0.15) is 50.3 Å². The van der Waals surface area contributed by atoms with Gasteiger partial charge in [0.15, 0.2) is 11.8 Å². The topological polar surface area (TPSA) is 76.4 Å². The fraction of sp³-hybridized carbons (Fsp3) is 0.571. The molecule has 0 radical (unpaired) electrons. The Bertz CT molecular complexity index is 785. The third kappa shape index (κ3) is 5.71. The molecule has 1 aromatic heterocycles. The van der Waals surface area contributed by atoms with Crippen molar-refractivity contribution in [2.75, 3.05) is 13.1 Å². The molecule has 0 spiro atoms. The first-order chi connectivity index (χ1) is 13.7. The van der Waals surface area contributed by atoms with Crippen LogP contribution in [0.3, 0.4) is 0 Å². The van der Waals surface area contributed by atoms with Crippen LogP contribution in [0.5, 0.6) is 5.75 Å². The van der Waals surface area contributed by atoms with Crippen molar-refractivity contribution in [3.8, 4) is 5.75 Å². The number of guanidine groups is 1. The quantitative estimate of drug-likeness (QED) is 0.567. The van der Waals surface area contributed by atoms with Crippen molar-refractivity contribution < 1.29 is 4.74 Å². The summed E-state index contributed by atoms with van der Waals surface area (Å²) >= 11 is 0. The molecule has 2 heterocycles. The summed E-state index contributed by atoms with van der Waals surface area (Å²) in [6.45, 7) is 9.17. The molecule has 1 aliphatic rings. The number of aliphatic imine (C=N–C) groups is 1. The maximum absolute atomic E-state index is 5.99. The zero-order valence-corrected chi connectivity index (χ0v) is 17.2. The molecular formula is C21H32N6O. The third-order valence-corrected chi connectivity index (χ3v) is 4.79. The van der Waals surface area contributed by atoms with Crippen LogP contribution in [0.25, 0.3) is 0 Å². The zero-order valence-electron chi connectivity index (χ0n) is 17.2. The first kappa shape index (κ1) is 20.2. The lowest BCUT2D eigenvalue weighted by Crippen LogP contribution is -2.41. The van der Waals surface area contributed by atoms with Crippen molar-refractivity contribution in [3.05, 3.63) is 41.5 Å². The fourth-order valence-electron chi connectivity index (χ4n) is 3.36. The van der Waals surface area contributed by atoms with Crippen LogP contribution in [0.4, 0.5) is 0 Å². The molecular weight excluding hydrogens is 352 g/mol. The molecule has 1 unspecified atom stereocenters. The lowest BCUT2D eigenvalue weighted by atomic mass is 10.2. The van der Waals surface area contributed by atoms with Crippen molar-refractivity contribution in [2.24, 2.45) is 4.99 Å². The lowest BCUT2D eigenvalue weighted by molar-refractivity contribution is 0.223. The van der Waals surface area contributed by atoms with Gasteiger partial charge in [-0.05, 0) is 51.3 Å². The largest absolute Gasteiger partial charge is 0.489 e. The molecule has 7 nitrogen and oxygen atoms in total. The lowest BCUT2D eigenvalue weighted by Gasteiger charge is -2.18. The Morgan fingerprint density at radius 1 is 1.25 bits per heavy atom. The van der Waals surface area contributed by atoms with Gasteiger partial charge in [-0.2, -0.15) is 0 Å². The maximum atomic E-state index is 5.99. The van der Waals surface area contributed by atoms with E-state index in [2.05, 4.69) is 52.2 Å². The molecule has 2 N–H and O–H groups in total. The highest BCUT2D eigenvalue weighted by Crippen LogP contribution is 2.15. The number of nitrogens with zero attached hydrogens (tertiary/aromatic N) is 4. The van der Waals surface area contributed by atoms with Gasteiger partial charge in [0.25, 0.3) is 0 Å². The first-order valence-corrected chi connectivity index (χ1v) is 10.3. The summed E-state index contributed by atoms with van der Waals surface area (Å²) in [7, 11) is 0. The molecule has 0 bridgehead atoms. The van der Waals surface area contributed by atoms with Crippen LogP contribution in [0.15, 0.2) is 29.3 Å². The Morgan fingerprint density at radius 2 is 2.14 bits per heavy atom. The molecule has 0 saturated carbocycles. The van der Waals surface area contributed by atoms with Gasteiger partial charge in [-0.15, -0.1) is 10.2 Å². The highest BCUT2D eigenvalue weighted by molar-refractivity contribution is 5.79. The first-order valence-electron chi connectivity index (χ1n) is 10.3. The summed E-state index contributed by atoms with van der Waals surface area (Å²) in [4.78, 5) is 4.70. The Morgan fingerprint density at radius 3 is 2.96 bits per heavy atom. The minimum atomic E-state index is 0.0232. The molecule has 0 amide bonds. The van der Waals surface area contributed by atoms with Gasteiger partial charge in [0.05, 0.1) is 6.54 Å². The second kappa shape index (κ2) is 10.1. The standard InChI is InChI=1S/C21H32N6O/c1-4-22-21(23-14-17(3)28-18-10-8-9-16(2)13-18)24-15-20-26-25-19-11-6-5-7-12-27(19)20/h8-10,13,17H,4-7,11-12,14-15H2,1-3H3,(H2,22,23,24). The number of benzene rings is 1. The van der Waals surface area contributed by atoms with Gasteiger partial charge >= 0.3 is 0 Å². The summed E-state index contributed by atoms with van der Waals surface area (Å²) < 4.78 is 8.23. The predicted octanol–water partition coefficient (Wildman–Crippen LogP) is 2.84. The van der Waals surface area contributed by atoms with E-state index in [4.69, 9.17) is 9.73 Å². The molecule has 0 aliphatic carbocycles. The smallest absolute Gasteiger partial charge is 0.191 e. The number of hydrogen-bond acceptors (Lipinski definition) is 4. The van der Waals surface area contributed by atoms with Gasteiger partial charge in [-0.3, -0.25) is 0 Å². The minimum Gasteiger partial charge on any atom is -0.489 e. The van der Waals surface area contributed by atoms with Gasteiger partial charge in [0.1, 0.15) is 24.2 Å². The van der Waals surface area contributed by atoms with E-state index in [-0.39, 0.29) is 6.10 Å². The molecule has 1 atom stereocenters. The van der Waals surface area contributed by atoms with Crippen molar-refractivity contribution in [2.45, 2.75) is 65.6 Å². The number of aromatic nitrogens is 3. The highest BCUT2D eigenvalue weighted by Gasteiger charge is 2.14. The van der Waals surface area contributed by atoms with E-state index in [0.29, 0.717) is 13.1 Å². The van der Waals surface area contributed by atoms with Gasteiger partial charge < -0.3 is 19.9 Å². The van der Waals surface area contributed by atoms with Gasteiger partial charge in [0.2, 0.25) is 0 Å². The zero-order chi connectivity index (χ0) is 19.8. The van der Waals surface area contributed by atoms with Crippen LogP contribution in [-0.2, 0) is 19.5 Å². The van der Waals surface area contributed by atoms with E-state index in [9.17, 15) is 0 Å². The molecule has 7 heteroatoms. The summed E-state index contributed by atoms with van der Waals surface area (Å²) in [5, 5.41) is 15.4. The van der Waals surface area contributed by atoms with Crippen LogP contribution in [0.2, 0.25) is 0 Å². The summed E-state index contributed by atoms with van der Waals surface area (Å²) in [6.07, 6.45) is 4.69. The second-order valence-corrected chi connectivity index (χ2v) is 7.32. The minimum absolute atomic E-state index is 0.0232. The third-order valence-electron chi connectivity index (χ3n) is 4.79. The SMILES string of the molecule is CCNC(=NCc1nnc2n1CCCCC2)NCC(C)Oc1cccc(C)c1. The average Bonchev–Trinajstić information content (AvgIpc) is 2.90. The van der Waals surface area contributed by atoms with Crippen molar-refractivity contribution in [1.82, 2.24) is 25.4 Å². The predicted molar refractivity (Wildman–Crippen MR) is 112 cm³/mol. The molecule has 152 valence electrons. The van der Waals surface area contributed by atoms with Crippen molar-refractivity contribution >= 4 is 5.96 Å². The molecule has 28 heavy (non-hydrogen) atoms. The Labute approximate surface area is 167 Å². The van der Waals surface area contributed by atoms with Crippen LogP contribution < -0.4 is 15.4 Å². The molecule has 0 saturated heterocycles. The number of aryl methyl sites for hydroxylation is 2. The number of rotatable bonds is 7. The second-order valence-electron chi connectivity index (χ2n) is 7.32. The van der Waals surface area contributed by atoms with Crippen molar-refractivity contribution in [1.29, 1.82) is 0 Å². The van der Waals surface area contributed by atoms with Gasteiger partial charge in [0, 0.05) is 19.5 Å². The molecule has 1 aliphatic heterocycles. The monoisotopic (exact) mass is 384 g/mol. The summed E-state index contributed by atoms with van der Waals surface area (Å²) in [5.74, 6) is 3.70.